The second kappa shape index (κ2) is 13.4. The Hall–Kier alpha value is -0.610. The standard InChI is InChI=1S/C16H34N2O2/c1-5-6-7-8-9-10-11-12-15(16(19)20-4)17-13-14-18(2)3/h15,17H,5-14H2,1-4H3. The van der Waals surface area contributed by atoms with Crippen LogP contribution in [0.1, 0.15) is 58.3 Å². The molecule has 0 heterocycles. The van der Waals surface area contributed by atoms with Crippen molar-refractivity contribution in [2.45, 2.75) is 64.3 Å². The van der Waals surface area contributed by atoms with Gasteiger partial charge >= 0.3 is 5.97 Å². The molecule has 1 unspecified atom stereocenters. The van der Waals surface area contributed by atoms with Gasteiger partial charge in [0.25, 0.3) is 0 Å². The monoisotopic (exact) mass is 286 g/mol. The third-order valence-electron chi connectivity index (χ3n) is 3.53. The smallest absolute Gasteiger partial charge is 0.322 e. The molecule has 0 aromatic heterocycles. The Labute approximate surface area is 125 Å². The van der Waals surface area contributed by atoms with E-state index in [1.165, 1.54) is 45.6 Å². The molecule has 0 amide bonds. The first-order chi connectivity index (χ1) is 9.61. The van der Waals surface area contributed by atoms with Crippen LogP contribution in [0, 0.1) is 0 Å². The SMILES string of the molecule is CCCCCCCCCC(NCCN(C)C)C(=O)OC. The molecule has 0 fully saturated rings. The van der Waals surface area contributed by atoms with Crippen LogP contribution in [0.2, 0.25) is 0 Å². The lowest BCUT2D eigenvalue weighted by Gasteiger charge is -2.18. The van der Waals surface area contributed by atoms with E-state index in [0.717, 1.165) is 25.9 Å². The number of carbonyl (C=O) groups is 1. The Morgan fingerprint density at radius 2 is 1.70 bits per heavy atom. The van der Waals surface area contributed by atoms with Crippen molar-refractivity contribution < 1.29 is 9.53 Å². The van der Waals surface area contributed by atoms with Gasteiger partial charge in [-0.25, -0.2) is 0 Å². The van der Waals surface area contributed by atoms with Crippen molar-refractivity contribution in [3.05, 3.63) is 0 Å². The molecular weight excluding hydrogens is 252 g/mol. The van der Waals surface area contributed by atoms with Gasteiger partial charge in [-0.2, -0.15) is 0 Å². The second-order valence-corrected chi connectivity index (χ2v) is 5.74. The maximum absolute atomic E-state index is 11.7. The van der Waals surface area contributed by atoms with Crippen LogP contribution in [0.15, 0.2) is 0 Å². The van der Waals surface area contributed by atoms with E-state index in [4.69, 9.17) is 4.74 Å². The van der Waals surface area contributed by atoms with E-state index in [1.807, 2.05) is 14.1 Å². The number of ether oxygens (including phenoxy) is 1. The summed E-state index contributed by atoms with van der Waals surface area (Å²) in [5.74, 6) is -0.130. The summed E-state index contributed by atoms with van der Waals surface area (Å²) in [7, 11) is 5.53. The van der Waals surface area contributed by atoms with Crippen molar-refractivity contribution in [2.75, 3.05) is 34.3 Å². The van der Waals surface area contributed by atoms with Gasteiger partial charge in [-0.3, -0.25) is 4.79 Å². The van der Waals surface area contributed by atoms with Crippen LogP contribution in [0.5, 0.6) is 0 Å². The summed E-state index contributed by atoms with van der Waals surface area (Å²) in [5.41, 5.74) is 0. The lowest BCUT2D eigenvalue weighted by Crippen LogP contribution is -2.40. The van der Waals surface area contributed by atoms with Crippen molar-refractivity contribution in [2.24, 2.45) is 0 Å². The van der Waals surface area contributed by atoms with E-state index in [9.17, 15) is 4.79 Å². The summed E-state index contributed by atoms with van der Waals surface area (Å²) in [6.45, 7) is 3.99. The van der Waals surface area contributed by atoms with Gasteiger partial charge in [0, 0.05) is 13.1 Å². The molecule has 20 heavy (non-hydrogen) atoms. The number of hydrogen-bond donors (Lipinski definition) is 1. The highest BCUT2D eigenvalue weighted by molar-refractivity contribution is 5.75. The zero-order valence-corrected chi connectivity index (χ0v) is 13.9. The van der Waals surface area contributed by atoms with Gasteiger partial charge in [-0.15, -0.1) is 0 Å². The first-order valence-corrected chi connectivity index (χ1v) is 8.07. The molecule has 0 aromatic rings. The summed E-state index contributed by atoms with van der Waals surface area (Å²) in [6, 6.07) is -0.143. The number of methoxy groups -OCH3 is 1. The zero-order valence-electron chi connectivity index (χ0n) is 13.9. The Bertz CT molecular complexity index is 233. The Balaban J connectivity index is 3.73. The number of esters is 1. The largest absolute Gasteiger partial charge is 0.468 e. The van der Waals surface area contributed by atoms with E-state index in [1.54, 1.807) is 0 Å². The van der Waals surface area contributed by atoms with E-state index >= 15 is 0 Å². The quantitative estimate of drug-likeness (QED) is 0.417. The predicted molar refractivity (Wildman–Crippen MR) is 85.0 cm³/mol. The molecule has 120 valence electrons. The topological polar surface area (TPSA) is 41.6 Å². The number of rotatable bonds is 13. The zero-order chi connectivity index (χ0) is 15.2. The minimum Gasteiger partial charge on any atom is -0.468 e. The summed E-state index contributed by atoms with van der Waals surface area (Å²) in [4.78, 5) is 13.8. The van der Waals surface area contributed by atoms with Crippen molar-refractivity contribution in [3.63, 3.8) is 0 Å². The minimum absolute atomic E-state index is 0.130. The molecule has 0 bridgehead atoms. The van der Waals surface area contributed by atoms with Crippen LogP contribution in [0.25, 0.3) is 0 Å². The number of carbonyl (C=O) groups excluding carboxylic acids is 1. The number of nitrogens with zero attached hydrogens (tertiary/aromatic N) is 1. The normalized spacial score (nSPS) is 12.7. The fourth-order valence-electron chi connectivity index (χ4n) is 2.21. The molecule has 0 radical (unpaired) electrons. The first kappa shape index (κ1) is 19.4. The van der Waals surface area contributed by atoms with E-state index in [2.05, 4.69) is 17.1 Å². The molecule has 0 rings (SSSR count). The van der Waals surface area contributed by atoms with Gasteiger partial charge < -0.3 is 15.0 Å². The van der Waals surface area contributed by atoms with Crippen molar-refractivity contribution in [1.29, 1.82) is 0 Å². The van der Waals surface area contributed by atoms with Crippen LogP contribution < -0.4 is 5.32 Å². The molecule has 1 atom stereocenters. The van der Waals surface area contributed by atoms with Crippen LogP contribution in [-0.2, 0) is 9.53 Å². The van der Waals surface area contributed by atoms with Crippen LogP contribution >= 0.6 is 0 Å². The molecular formula is C16H34N2O2. The molecule has 0 aliphatic heterocycles. The van der Waals surface area contributed by atoms with Gasteiger partial charge in [-0.05, 0) is 20.5 Å². The van der Waals surface area contributed by atoms with Crippen molar-refractivity contribution >= 4 is 5.97 Å². The predicted octanol–water partition coefficient (Wildman–Crippen LogP) is 2.82. The van der Waals surface area contributed by atoms with Gasteiger partial charge in [0.05, 0.1) is 7.11 Å². The summed E-state index contributed by atoms with van der Waals surface area (Å²) in [6.07, 6.45) is 9.78. The van der Waals surface area contributed by atoms with Crippen molar-refractivity contribution in [1.82, 2.24) is 10.2 Å². The molecule has 0 saturated heterocycles. The lowest BCUT2D eigenvalue weighted by atomic mass is 10.1. The van der Waals surface area contributed by atoms with E-state index in [-0.39, 0.29) is 12.0 Å². The maximum Gasteiger partial charge on any atom is 0.322 e. The Kier molecular flexibility index (Phi) is 13.0. The summed E-state index contributed by atoms with van der Waals surface area (Å²) < 4.78 is 4.86. The molecule has 4 nitrogen and oxygen atoms in total. The van der Waals surface area contributed by atoms with Crippen LogP contribution in [0.4, 0.5) is 0 Å². The molecule has 0 aliphatic rings. The van der Waals surface area contributed by atoms with Gasteiger partial charge in [0.2, 0.25) is 0 Å². The average molecular weight is 286 g/mol. The second-order valence-electron chi connectivity index (χ2n) is 5.74. The summed E-state index contributed by atoms with van der Waals surface area (Å²) >= 11 is 0. The average Bonchev–Trinajstić information content (AvgIpc) is 2.43. The van der Waals surface area contributed by atoms with Crippen LogP contribution in [-0.4, -0.2) is 51.2 Å². The highest BCUT2D eigenvalue weighted by Gasteiger charge is 2.17. The Morgan fingerprint density at radius 3 is 2.25 bits per heavy atom. The van der Waals surface area contributed by atoms with Crippen molar-refractivity contribution in [3.8, 4) is 0 Å². The molecule has 4 heteroatoms. The molecule has 0 saturated carbocycles. The van der Waals surface area contributed by atoms with Crippen LogP contribution in [0.3, 0.4) is 0 Å². The fourth-order valence-corrected chi connectivity index (χ4v) is 2.21. The third kappa shape index (κ3) is 11.2. The first-order valence-electron chi connectivity index (χ1n) is 8.07. The van der Waals surface area contributed by atoms with Gasteiger partial charge in [-0.1, -0.05) is 51.9 Å². The maximum atomic E-state index is 11.7. The molecule has 0 aromatic carbocycles. The minimum atomic E-state index is -0.143. The summed E-state index contributed by atoms with van der Waals surface area (Å²) in [5, 5.41) is 3.30. The highest BCUT2D eigenvalue weighted by atomic mass is 16.5. The number of nitrogens with one attached hydrogen (secondary N) is 1. The molecule has 0 aliphatic carbocycles. The van der Waals surface area contributed by atoms with Gasteiger partial charge in [0.15, 0.2) is 0 Å². The number of unbranched alkanes of at least 4 members (excludes halogenated alkanes) is 6. The van der Waals surface area contributed by atoms with E-state index < -0.39 is 0 Å². The fraction of sp³-hybridized carbons (Fsp3) is 0.938. The molecule has 1 N–H and O–H groups in total. The number of likely N-dealkylation sites (N-methyl/N-ethyl adjacent to an activating group) is 1. The van der Waals surface area contributed by atoms with E-state index in [0.29, 0.717) is 0 Å². The number of hydrogen-bond acceptors (Lipinski definition) is 4. The highest BCUT2D eigenvalue weighted by Crippen LogP contribution is 2.10. The third-order valence-corrected chi connectivity index (χ3v) is 3.53. The molecule has 0 spiro atoms. The Morgan fingerprint density at radius 1 is 1.10 bits per heavy atom. The lowest BCUT2D eigenvalue weighted by molar-refractivity contribution is -0.143. The van der Waals surface area contributed by atoms with Gasteiger partial charge in [0.1, 0.15) is 6.04 Å².